The van der Waals surface area contributed by atoms with Crippen LogP contribution in [0.4, 0.5) is 0 Å². The third-order valence-electron chi connectivity index (χ3n) is 4.48. The largest absolute Gasteiger partial charge is 0.491 e. The summed E-state index contributed by atoms with van der Waals surface area (Å²) in [5, 5.41) is 11.5. The molecular formula is C23H21BrN2O2S. The van der Waals surface area contributed by atoms with Gasteiger partial charge in [-0.15, -0.1) is 0 Å². The maximum absolute atomic E-state index is 10.6. The first-order valence-electron chi connectivity index (χ1n) is 9.37. The van der Waals surface area contributed by atoms with Crippen LogP contribution in [-0.4, -0.2) is 27.4 Å². The molecule has 1 unspecified atom stereocenters. The van der Waals surface area contributed by atoms with Crippen molar-refractivity contribution in [3.63, 3.8) is 0 Å². The van der Waals surface area contributed by atoms with Crippen LogP contribution in [0.25, 0.3) is 11.0 Å². The van der Waals surface area contributed by atoms with E-state index in [2.05, 4.69) is 32.6 Å². The summed E-state index contributed by atoms with van der Waals surface area (Å²) in [5.41, 5.74) is 3.20. The average molecular weight is 469 g/mol. The molecule has 148 valence electrons. The SMILES string of the molecule is OC(COc1ccc(Br)cc1)Cn1c(SCc2ccccc2)nc2ccccc21. The Balaban J connectivity index is 1.48. The Labute approximate surface area is 182 Å². The zero-order valence-electron chi connectivity index (χ0n) is 15.7. The van der Waals surface area contributed by atoms with Crippen molar-refractivity contribution in [1.29, 1.82) is 0 Å². The van der Waals surface area contributed by atoms with Crippen molar-refractivity contribution >= 4 is 38.7 Å². The summed E-state index contributed by atoms with van der Waals surface area (Å²) in [4.78, 5) is 4.78. The van der Waals surface area contributed by atoms with Gasteiger partial charge < -0.3 is 14.4 Å². The summed E-state index contributed by atoms with van der Waals surface area (Å²) in [7, 11) is 0. The Kier molecular flexibility index (Phi) is 6.54. The highest BCUT2D eigenvalue weighted by atomic mass is 79.9. The maximum Gasteiger partial charge on any atom is 0.169 e. The smallest absolute Gasteiger partial charge is 0.169 e. The van der Waals surface area contributed by atoms with Crippen molar-refractivity contribution in [1.82, 2.24) is 9.55 Å². The van der Waals surface area contributed by atoms with Crippen LogP contribution < -0.4 is 4.74 Å². The topological polar surface area (TPSA) is 47.3 Å². The molecule has 0 fully saturated rings. The van der Waals surface area contributed by atoms with Crippen molar-refractivity contribution < 1.29 is 9.84 Å². The number of aliphatic hydroxyl groups is 1. The number of nitrogens with zero attached hydrogens (tertiary/aromatic N) is 2. The molecule has 0 amide bonds. The van der Waals surface area contributed by atoms with E-state index in [4.69, 9.17) is 9.72 Å². The molecule has 4 nitrogen and oxygen atoms in total. The van der Waals surface area contributed by atoms with E-state index in [1.807, 2.05) is 66.7 Å². The molecule has 1 N–H and O–H groups in total. The molecule has 29 heavy (non-hydrogen) atoms. The summed E-state index contributed by atoms with van der Waals surface area (Å²) in [6.07, 6.45) is -0.646. The number of aromatic nitrogens is 2. The Hall–Kier alpha value is -2.28. The highest BCUT2D eigenvalue weighted by Crippen LogP contribution is 2.27. The second-order valence-electron chi connectivity index (χ2n) is 6.69. The average Bonchev–Trinajstić information content (AvgIpc) is 3.10. The minimum atomic E-state index is -0.646. The zero-order valence-corrected chi connectivity index (χ0v) is 18.1. The molecule has 0 aliphatic heterocycles. The van der Waals surface area contributed by atoms with Crippen LogP contribution in [0.1, 0.15) is 5.56 Å². The first-order chi connectivity index (χ1) is 14.2. The molecule has 0 spiro atoms. The molecule has 0 aliphatic rings. The third kappa shape index (κ3) is 5.21. The molecule has 0 saturated carbocycles. The first-order valence-corrected chi connectivity index (χ1v) is 11.2. The normalized spacial score (nSPS) is 12.2. The van der Waals surface area contributed by atoms with Gasteiger partial charge in [-0.05, 0) is 42.0 Å². The van der Waals surface area contributed by atoms with Crippen molar-refractivity contribution in [3.05, 3.63) is 88.9 Å². The summed E-state index contributed by atoms with van der Waals surface area (Å²) < 4.78 is 8.82. The van der Waals surface area contributed by atoms with Gasteiger partial charge in [0.25, 0.3) is 0 Å². The number of rotatable bonds is 8. The predicted molar refractivity (Wildman–Crippen MR) is 121 cm³/mol. The van der Waals surface area contributed by atoms with Crippen LogP contribution in [-0.2, 0) is 12.3 Å². The van der Waals surface area contributed by atoms with Gasteiger partial charge in [0.1, 0.15) is 18.5 Å². The molecule has 4 aromatic rings. The lowest BCUT2D eigenvalue weighted by molar-refractivity contribution is 0.0914. The molecule has 6 heteroatoms. The van der Waals surface area contributed by atoms with Crippen LogP contribution in [0, 0.1) is 0 Å². The van der Waals surface area contributed by atoms with E-state index >= 15 is 0 Å². The molecular weight excluding hydrogens is 448 g/mol. The fraction of sp³-hybridized carbons (Fsp3) is 0.174. The molecule has 0 aliphatic carbocycles. The van der Waals surface area contributed by atoms with Gasteiger partial charge in [0, 0.05) is 10.2 Å². The highest BCUT2D eigenvalue weighted by Gasteiger charge is 2.15. The van der Waals surface area contributed by atoms with Gasteiger partial charge in [0.05, 0.1) is 17.6 Å². The molecule has 3 aromatic carbocycles. The lowest BCUT2D eigenvalue weighted by Crippen LogP contribution is -2.24. The van der Waals surface area contributed by atoms with Gasteiger partial charge in [0.2, 0.25) is 0 Å². The van der Waals surface area contributed by atoms with Gasteiger partial charge in [-0.3, -0.25) is 0 Å². The van der Waals surface area contributed by atoms with E-state index < -0.39 is 6.10 Å². The van der Waals surface area contributed by atoms with Gasteiger partial charge in [0.15, 0.2) is 5.16 Å². The summed E-state index contributed by atoms with van der Waals surface area (Å²) in [6, 6.07) is 26.0. The number of fused-ring (bicyclic) bond motifs is 1. The number of halogens is 1. The number of imidazole rings is 1. The zero-order chi connectivity index (χ0) is 20.1. The number of para-hydroxylation sites is 2. The van der Waals surface area contributed by atoms with E-state index in [0.717, 1.165) is 32.2 Å². The predicted octanol–water partition coefficient (Wildman–Crippen LogP) is 5.53. The van der Waals surface area contributed by atoms with Crippen molar-refractivity contribution in [2.45, 2.75) is 23.6 Å². The number of aliphatic hydroxyl groups excluding tert-OH is 1. The van der Waals surface area contributed by atoms with Crippen LogP contribution in [0.3, 0.4) is 0 Å². The molecule has 1 atom stereocenters. The van der Waals surface area contributed by atoms with Crippen LogP contribution in [0.2, 0.25) is 0 Å². The Morgan fingerprint density at radius 1 is 0.966 bits per heavy atom. The van der Waals surface area contributed by atoms with Gasteiger partial charge in [-0.1, -0.05) is 70.2 Å². The fourth-order valence-electron chi connectivity index (χ4n) is 3.05. The Bertz CT molecular complexity index is 1070. The van der Waals surface area contributed by atoms with Crippen molar-refractivity contribution in [3.8, 4) is 5.75 Å². The number of ether oxygens (including phenoxy) is 1. The molecule has 1 heterocycles. The van der Waals surface area contributed by atoms with Gasteiger partial charge in [-0.25, -0.2) is 4.98 Å². The monoisotopic (exact) mass is 468 g/mol. The highest BCUT2D eigenvalue weighted by molar-refractivity contribution is 9.10. The second kappa shape index (κ2) is 9.48. The van der Waals surface area contributed by atoms with Crippen LogP contribution in [0.5, 0.6) is 5.75 Å². The Morgan fingerprint density at radius 3 is 2.48 bits per heavy atom. The summed E-state index contributed by atoms with van der Waals surface area (Å²) in [6.45, 7) is 0.644. The molecule has 0 saturated heterocycles. The molecule has 4 rings (SSSR count). The number of hydrogen-bond acceptors (Lipinski definition) is 4. The number of benzene rings is 3. The van der Waals surface area contributed by atoms with E-state index in [1.165, 1.54) is 5.56 Å². The summed E-state index contributed by atoms with van der Waals surface area (Å²) in [5.74, 6) is 1.57. The van der Waals surface area contributed by atoms with E-state index in [-0.39, 0.29) is 6.61 Å². The second-order valence-corrected chi connectivity index (χ2v) is 8.54. The van der Waals surface area contributed by atoms with Gasteiger partial charge in [-0.2, -0.15) is 0 Å². The van der Waals surface area contributed by atoms with Crippen molar-refractivity contribution in [2.24, 2.45) is 0 Å². The third-order valence-corrected chi connectivity index (χ3v) is 6.06. The van der Waals surface area contributed by atoms with Crippen molar-refractivity contribution in [2.75, 3.05) is 6.61 Å². The maximum atomic E-state index is 10.6. The van der Waals surface area contributed by atoms with Gasteiger partial charge >= 0.3 is 0 Å². The number of hydrogen-bond donors (Lipinski definition) is 1. The minimum Gasteiger partial charge on any atom is -0.491 e. The lowest BCUT2D eigenvalue weighted by Gasteiger charge is -2.15. The summed E-state index contributed by atoms with van der Waals surface area (Å²) >= 11 is 5.09. The minimum absolute atomic E-state index is 0.219. The standard InChI is InChI=1S/C23H21BrN2O2S/c24-18-10-12-20(13-11-18)28-15-19(27)14-26-22-9-5-4-8-21(22)25-23(26)29-16-17-6-2-1-3-7-17/h1-13,19,27H,14-16H2. The fourth-order valence-corrected chi connectivity index (χ4v) is 4.29. The van der Waals surface area contributed by atoms with Crippen LogP contribution in [0.15, 0.2) is 88.5 Å². The molecule has 1 aromatic heterocycles. The van der Waals surface area contributed by atoms with E-state index in [0.29, 0.717) is 6.54 Å². The van der Waals surface area contributed by atoms with E-state index in [1.54, 1.807) is 11.8 Å². The Morgan fingerprint density at radius 2 is 1.69 bits per heavy atom. The quantitative estimate of drug-likeness (QED) is 0.345. The number of thioether (sulfide) groups is 1. The van der Waals surface area contributed by atoms with Crippen LogP contribution >= 0.6 is 27.7 Å². The molecule has 0 bridgehead atoms. The van der Waals surface area contributed by atoms with E-state index in [9.17, 15) is 5.11 Å². The lowest BCUT2D eigenvalue weighted by atomic mass is 10.2. The molecule has 0 radical (unpaired) electrons. The first kappa shape index (κ1) is 20.0.